The van der Waals surface area contributed by atoms with Crippen molar-refractivity contribution < 1.29 is 9.59 Å². The number of amides is 2. The third-order valence-electron chi connectivity index (χ3n) is 4.97. The van der Waals surface area contributed by atoms with Gasteiger partial charge in [0.25, 0.3) is 11.8 Å². The average molecular weight is 327 g/mol. The third kappa shape index (κ3) is 2.50. The van der Waals surface area contributed by atoms with Crippen molar-refractivity contribution in [3.63, 3.8) is 0 Å². The maximum Gasteiger partial charge on any atom is 0.271 e. The van der Waals surface area contributed by atoms with Crippen molar-refractivity contribution in [2.24, 2.45) is 5.73 Å². The van der Waals surface area contributed by atoms with Gasteiger partial charge in [0.1, 0.15) is 5.69 Å². The summed E-state index contributed by atoms with van der Waals surface area (Å²) in [4.78, 5) is 26.7. The number of likely N-dealkylation sites (tertiary alicyclic amines) is 1. The van der Waals surface area contributed by atoms with E-state index < -0.39 is 5.91 Å². The maximum absolute atomic E-state index is 13.2. The van der Waals surface area contributed by atoms with Gasteiger partial charge in [-0.15, -0.1) is 0 Å². The van der Waals surface area contributed by atoms with Gasteiger partial charge in [0.15, 0.2) is 0 Å². The van der Waals surface area contributed by atoms with Crippen LogP contribution < -0.4 is 5.73 Å². The lowest BCUT2D eigenvalue weighted by Crippen LogP contribution is -2.40. The SMILES string of the molecule is NC(=O)c1cn[nH]c1C1CCCCN1C(=O)c1cccn1C1CC1. The number of H-pyrrole nitrogens is 1. The van der Waals surface area contributed by atoms with Crippen LogP contribution in [0.25, 0.3) is 0 Å². The fraction of sp³-hybridized carbons (Fsp3) is 0.471. The molecule has 1 unspecified atom stereocenters. The second kappa shape index (κ2) is 5.81. The van der Waals surface area contributed by atoms with Crippen LogP contribution in [0, 0.1) is 0 Å². The Balaban J connectivity index is 1.66. The Morgan fingerprint density at radius 2 is 2.08 bits per heavy atom. The predicted octanol–water partition coefficient (Wildman–Crippen LogP) is 2.01. The zero-order valence-electron chi connectivity index (χ0n) is 13.4. The molecule has 24 heavy (non-hydrogen) atoms. The minimum Gasteiger partial charge on any atom is -0.365 e. The van der Waals surface area contributed by atoms with Gasteiger partial charge < -0.3 is 15.2 Å². The van der Waals surface area contributed by atoms with Gasteiger partial charge in [-0.05, 0) is 44.2 Å². The van der Waals surface area contributed by atoms with Crippen LogP contribution in [0.1, 0.15) is 70.7 Å². The average Bonchev–Trinajstić information content (AvgIpc) is 3.13. The van der Waals surface area contributed by atoms with E-state index in [2.05, 4.69) is 14.8 Å². The van der Waals surface area contributed by atoms with E-state index in [-0.39, 0.29) is 11.9 Å². The molecule has 1 saturated heterocycles. The number of hydrogen-bond donors (Lipinski definition) is 2. The molecule has 0 aromatic carbocycles. The van der Waals surface area contributed by atoms with Crippen LogP contribution in [-0.2, 0) is 0 Å². The number of carbonyl (C=O) groups is 2. The highest BCUT2D eigenvalue weighted by Crippen LogP contribution is 2.38. The van der Waals surface area contributed by atoms with Crippen LogP contribution in [0.4, 0.5) is 0 Å². The van der Waals surface area contributed by atoms with Crippen LogP contribution >= 0.6 is 0 Å². The van der Waals surface area contributed by atoms with Crippen LogP contribution in [0.2, 0.25) is 0 Å². The van der Waals surface area contributed by atoms with E-state index in [0.717, 1.165) is 37.8 Å². The molecule has 1 saturated carbocycles. The smallest absolute Gasteiger partial charge is 0.271 e. The molecule has 2 fully saturated rings. The lowest BCUT2D eigenvalue weighted by Gasteiger charge is -2.35. The number of primary amides is 1. The van der Waals surface area contributed by atoms with E-state index >= 15 is 0 Å². The highest BCUT2D eigenvalue weighted by atomic mass is 16.2. The molecule has 1 aliphatic heterocycles. The number of rotatable bonds is 4. The van der Waals surface area contributed by atoms with Crippen molar-refractivity contribution in [1.82, 2.24) is 19.7 Å². The first kappa shape index (κ1) is 15.0. The lowest BCUT2D eigenvalue weighted by molar-refractivity contribution is 0.0591. The first-order valence-corrected chi connectivity index (χ1v) is 8.47. The number of hydrogen-bond acceptors (Lipinski definition) is 3. The minimum absolute atomic E-state index is 0.0154. The van der Waals surface area contributed by atoms with Crippen molar-refractivity contribution in [3.05, 3.63) is 41.5 Å². The van der Waals surface area contributed by atoms with Gasteiger partial charge in [0.05, 0.1) is 23.5 Å². The van der Waals surface area contributed by atoms with Gasteiger partial charge in [-0.3, -0.25) is 14.7 Å². The van der Waals surface area contributed by atoms with Crippen LogP contribution in [-0.4, -0.2) is 38.0 Å². The van der Waals surface area contributed by atoms with Crippen molar-refractivity contribution in [1.29, 1.82) is 0 Å². The lowest BCUT2D eigenvalue weighted by atomic mass is 9.96. The minimum atomic E-state index is -0.516. The Morgan fingerprint density at radius 3 is 2.83 bits per heavy atom. The van der Waals surface area contributed by atoms with Crippen LogP contribution in [0.5, 0.6) is 0 Å². The molecule has 3 heterocycles. The largest absolute Gasteiger partial charge is 0.365 e. The molecule has 2 aromatic heterocycles. The van der Waals surface area contributed by atoms with E-state index in [9.17, 15) is 9.59 Å². The molecule has 2 amide bonds. The number of nitrogens with zero attached hydrogens (tertiary/aromatic N) is 3. The summed E-state index contributed by atoms with van der Waals surface area (Å²) < 4.78 is 2.08. The fourth-order valence-corrected chi connectivity index (χ4v) is 3.61. The molecule has 1 aliphatic carbocycles. The van der Waals surface area contributed by atoms with Crippen LogP contribution in [0.3, 0.4) is 0 Å². The molecule has 7 nitrogen and oxygen atoms in total. The summed E-state index contributed by atoms with van der Waals surface area (Å²) in [6.07, 6.45) is 8.46. The first-order valence-electron chi connectivity index (χ1n) is 8.47. The van der Waals surface area contributed by atoms with Gasteiger partial charge >= 0.3 is 0 Å². The number of aromatic nitrogens is 3. The monoisotopic (exact) mass is 327 g/mol. The standard InChI is InChI=1S/C17H21N5O2/c18-16(23)12-10-19-20-15(12)13-4-1-2-8-22(13)17(24)14-5-3-9-21(14)11-6-7-11/h3,5,9-11,13H,1-2,4,6-8H2,(H2,18,23)(H,19,20). The molecule has 126 valence electrons. The van der Waals surface area contributed by atoms with E-state index in [4.69, 9.17) is 5.73 Å². The molecule has 3 N–H and O–H groups in total. The Morgan fingerprint density at radius 1 is 1.25 bits per heavy atom. The van der Waals surface area contributed by atoms with E-state index in [1.807, 2.05) is 23.2 Å². The molecule has 2 aliphatic rings. The maximum atomic E-state index is 13.2. The van der Waals surface area contributed by atoms with Crippen molar-refractivity contribution in [2.45, 2.75) is 44.2 Å². The highest BCUT2D eigenvalue weighted by Gasteiger charge is 2.35. The Bertz CT molecular complexity index is 774. The number of nitrogens with one attached hydrogen (secondary N) is 1. The van der Waals surface area contributed by atoms with E-state index in [0.29, 0.717) is 23.8 Å². The first-order chi connectivity index (χ1) is 11.7. The van der Waals surface area contributed by atoms with E-state index in [1.165, 1.54) is 6.20 Å². The van der Waals surface area contributed by atoms with Crippen molar-refractivity contribution in [3.8, 4) is 0 Å². The topological polar surface area (TPSA) is 97.0 Å². The summed E-state index contributed by atoms with van der Waals surface area (Å²) in [5.41, 5.74) is 7.20. The summed E-state index contributed by atoms with van der Waals surface area (Å²) in [5.74, 6) is -0.500. The molecule has 7 heteroatoms. The molecule has 0 radical (unpaired) electrons. The molecule has 0 spiro atoms. The van der Waals surface area contributed by atoms with Gasteiger partial charge in [-0.25, -0.2) is 0 Å². The Kier molecular flexibility index (Phi) is 3.63. The number of carbonyl (C=O) groups excluding carboxylic acids is 2. The molecular weight excluding hydrogens is 306 g/mol. The number of aromatic amines is 1. The van der Waals surface area contributed by atoms with Gasteiger partial charge in [0.2, 0.25) is 0 Å². The summed E-state index contributed by atoms with van der Waals surface area (Å²) in [6.45, 7) is 0.677. The normalized spacial score (nSPS) is 21.0. The second-order valence-corrected chi connectivity index (χ2v) is 6.60. The molecule has 2 aromatic rings. The highest BCUT2D eigenvalue weighted by molar-refractivity contribution is 5.95. The molecule has 1 atom stereocenters. The molecule has 0 bridgehead atoms. The Labute approximate surface area is 139 Å². The number of nitrogens with two attached hydrogens (primary N) is 1. The quantitative estimate of drug-likeness (QED) is 0.899. The van der Waals surface area contributed by atoms with Crippen molar-refractivity contribution in [2.75, 3.05) is 6.54 Å². The van der Waals surface area contributed by atoms with Gasteiger partial charge in [0, 0.05) is 18.8 Å². The summed E-state index contributed by atoms with van der Waals surface area (Å²) in [7, 11) is 0. The van der Waals surface area contributed by atoms with Gasteiger partial charge in [-0.2, -0.15) is 5.10 Å². The second-order valence-electron chi connectivity index (χ2n) is 6.60. The van der Waals surface area contributed by atoms with E-state index in [1.54, 1.807) is 0 Å². The molecule has 4 rings (SSSR count). The fourth-order valence-electron chi connectivity index (χ4n) is 3.61. The molecular formula is C17H21N5O2. The summed E-state index contributed by atoms with van der Waals surface area (Å²) in [6, 6.07) is 4.08. The summed E-state index contributed by atoms with van der Waals surface area (Å²) >= 11 is 0. The predicted molar refractivity (Wildman–Crippen MR) is 87.4 cm³/mol. The van der Waals surface area contributed by atoms with Crippen LogP contribution in [0.15, 0.2) is 24.5 Å². The zero-order valence-corrected chi connectivity index (χ0v) is 13.4. The summed E-state index contributed by atoms with van der Waals surface area (Å²) in [5, 5.41) is 6.85. The number of piperidine rings is 1. The Hall–Kier alpha value is -2.57. The van der Waals surface area contributed by atoms with Gasteiger partial charge in [-0.1, -0.05) is 0 Å². The van der Waals surface area contributed by atoms with Crippen molar-refractivity contribution >= 4 is 11.8 Å². The zero-order chi connectivity index (χ0) is 16.7. The third-order valence-corrected chi connectivity index (χ3v) is 4.97.